The molecular formula is C11H10ClN5O3S. The molecule has 21 heavy (non-hydrogen) atoms. The van der Waals surface area contributed by atoms with Crippen molar-refractivity contribution >= 4 is 27.3 Å². The van der Waals surface area contributed by atoms with Gasteiger partial charge in [-0.3, -0.25) is 4.40 Å². The molecule has 0 amide bonds. The summed E-state index contributed by atoms with van der Waals surface area (Å²) >= 11 is 5.94. The lowest BCUT2D eigenvalue weighted by atomic mass is 10.5. The van der Waals surface area contributed by atoms with E-state index in [9.17, 15) is 8.42 Å². The van der Waals surface area contributed by atoms with Crippen molar-refractivity contribution in [2.24, 2.45) is 0 Å². The monoisotopic (exact) mass is 327 g/mol. The smallest absolute Gasteiger partial charge is 0.260 e. The fourth-order valence-electron chi connectivity index (χ4n) is 1.82. The number of pyridine rings is 1. The van der Waals surface area contributed by atoms with Crippen LogP contribution in [-0.2, 0) is 16.6 Å². The number of nitrogens with one attached hydrogen (secondary N) is 1. The normalized spacial score (nSPS) is 12.1. The molecule has 10 heteroatoms. The molecule has 0 bridgehead atoms. The molecule has 0 atom stereocenters. The molecule has 3 rings (SSSR count). The minimum Gasteiger partial charge on any atom is -0.338 e. The van der Waals surface area contributed by atoms with Crippen molar-refractivity contribution < 1.29 is 12.9 Å². The molecule has 0 unspecified atom stereocenters. The maximum atomic E-state index is 12.4. The van der Waals surface area contributed by atoms with Crippen molar-refractivity contribution in [2.45, 2.75) is 18.5 Å². The number of halogens is 1. The van der Waals surface area contributed by atoms with Crippen LogP contribution in [0.5, 0.6) is 0 Å². The number of fused-ring (bicyclic) bond motifs is 1. The highest BCUT2D eigenvalue weighted by molar-refractivity contribution is 7.89. The number of imidazole rings is 1. The second-order valence-corrected chi connectivity index (χ2v) is 6.24. The molecular weight excluding hydrogens is 318 g/mol. The van der Waals surface area contributed by atoms with Crippen molar-refractivity contribution in [3.05, 3.63) is 41.3 Å². The highest BCUT2D eigenvalue weighted by Gasteiger charge is 2.24. The van der Waals surface area contributed by atoms with Gasteiger partial charge in [-0.25, -0.2) is 18.1 Å². The van der Waals surface area contributed by atoms with Gasteiger partial charge in [-0.05, 0) is 19.1 Å². The van der Waals surface area contributed by atoms with Crippen LogP contribution < -0.4 is 4.72 Å². The highest BCUT2D eigenvalue weighted by atomic mass is 35.5. The molecule has 0 radical (unpaired) electrons. The van der Waals surface area contributed by atoms with Crippen LogP contribution >= 0.6 is 11.6 Å². The SMILES string of the molecule is Cc1noc(CNS(=O)(=O)c2c(Cl)nc3ccccn23)n1. The van der Waals surface area contributed by atoms with E-state index in [4.69, 9.17) is 16.1 Å². The standard InChI is InChI=1S/C11H10ClN5O3S/c1-7-14-9(20-16-7)6-13-21(18,19)11-10(12)15-8-4-2-3-5-17(8)11/h2-5,13H,6H2,1H3. The predicted octanol–water partition coefficient (Wildman–Crippen LogP) is 1.16. The van der Waals surface area contributed by atoms with Crippen molar-refractivity contribution in [1.82, 2.24) is 24.2 Å². The van der Waals surface area contributed by atoms with Crippen molar-refractivity contribution in [3.8, 4) is 0 Å². The van der Waals surface area contributed by atoms with Crippen LogP contribution in [-0.4, -0.2) is 27.9 Å². The second-order valence-electron chi connectivity index (χ2n) is 4.20. The Labute approximate surface area is 124 Å². The predicted molar refractivity (Wildman–Crippen MR) is 73.3 cm³/mol. The number of sulfonamides is 1. The first kappa shape index (κ1) is 14.0. The van der Waals surface area contributed by atoms with Gasteiger partial charge in [0, 0.05) is 6.20 Å². The van der Waals surface area contributed by atoms with E-state index in [0.717, 1.165) is 0 Å². The first-order valence-electron chi connectivity index (χ1n) is 5.89. The molecule has 0 aliphatic heterocycles. The van der Waals surface area contributed by atoms with Gasteiger partial charge < -0.3 is 4.52 Å². The van der Waals surface area contributed by atoms with Crippen LogP contribution in [0.2, 0.25) is 5.15 Å². The molecule has 0 aliphatic rings. The largest absolute Gasteiger partial charge is 0.338 e. The Morgan fingerprint density at radius 1 is 1.38 bits per heavy atom. The summed E-state index contributed by atoms with van der Waals surface area (Å²) in [5.74, 6) is 0.595. The van der Waals surface area contributed by atoms with Crippen molar-refractivity contribution in [1.29, 1.82) is 0 Å². The van der Waals surface area contributed by atoms with Gasteiger partial charge in [0.15, 0.2) is 16.0 Å². The number of hydrogen-bond acceptors (Lipinski definition) is 6. The molecule has 3 aromatic rings. The number of aryl methyl sites for hydroxylation is 1. The minimum absolute atomic E-state index is 0.101. The third kappa shape index (κ3) is 2.62. The maximum Gasteiger partial charge on any atom is 0.260 e. The first-order valence-corrected chi connectivity index (χ1v) is 7.75. The zero-order valence-corrected chi connectivity index (χ0v) is 12.4. The third-order valence-corrected chi connectivity index (χ3v) is 4.48. The lowest BCUT2D eigenvalue weighted by Gasteiger charge is -2.04. The van der Waals surface area contributed by atoms with Gasteiger partial charge in [0.2, 0.25) is 5.89 Å². The summed E-state index contributed by atoms with van der Waals surface area (Å²) in [5, 5.41) is 3.35. The van der Waals surface area contributed by atoms with Gasteiger partial charge in [0.1, 0.15) is 5.65 Å². The fourth-order valence-corrected chi connectivity index (χ4v) is 3.44. The molecule has 1 N–H and O–H groups in total. The zero-order valence-electron chi connectivity index (χ0n) is 10.8. The van der Waals surface area contributed by atoms with E-state index in [2.05, 4.69) is 19.8 Å². The van der Waals surface area contributed by atoms with E-state index in [0.29, 0.717) is 11.5 Å². The summed E-state index contributed by atoms with van der Waals surface area (Å²) in [6.45, 7) is 1.52. The van der Waals surface area contributed by atoms with E-state index < -0.39 is 10.0 Å². The Hall–Kier alpha value is -1.97. The molecule has 0 aromatic carbocycles. The Balaban J connectivity index is 1.95. The zero-order chi connectivity index (χ0) is 15.0. The van der Waals surface area contributed by atoms with Crippen LogP contribution in [0, 0.1) is 6.92 Å². The maximum absolute atomic E-state index is 12.4. The summed E-state index contributed by atoms with van der Waals surface area (Å²) in [5.41, 5.74) is 0.441. The summed E-state index contributed by atoms with van der Waals surface area (Å²) in [7, 11) is -3.87. The lowest BCUT2D eigenvalue weighted by molar-refractivity contribution is 0.372. The van der Waals surface area contributed by atoms with Crippen molar-refractivity contribution in [3.63, 3.8) is 0 Å². The number of nitrogens with zero attached hydrogens (tertiary/aromatic N) is 4. The molecule has 8 nitrogen and oxygen atoms in total. The molecule has 3 aromatic heterocycles. The Morgan fingerprint density at radius 2 is 2.19 bits per heavy atom. The molecule has 0 saturated heterocycles. The van der Waals surface area contributed by atoms with Crippen molar-refractivity contribution in [2.75, 3.05) is 0 Å². The van der Waals surface area contributed by atoms with E-state index in [1.807, 2.05) is 0 Å². The number of rotatable bonds is 4. The van der Waals surface area contributed by atoms with Gasteiger partial charge in [-0.1, -0.05) is 22.8 Å². The molecule has 3 heterocycles. The van der Waals surface area contributed by atoms with Gasteiger partial charge in [0.05, 0.1) is 6.54 Å². The second kappa shape index (κ2) is 5.10. The fraction of sp³-hybridized carbons (Fsp3) is 0.182. The van der Waals surface area contributed by atoms with Gasteiger partial charge in [0.25, 0.3) is 10.0 Å². The van der Waals surface area contributed by atoms with Gasteiger partial charge >= 0.3 is 0 Å². The van der Waals surface area contributed by atoms with E-state index in [1.165, 1.54) is 4.40 Å². The van der Waals surface area contributed by atoms with Crippen LogP contribution in [0.3, 0.4) is 0 Å². The topological polar surface area (TPSA) is 102 Å². The van der Waals surface area contributed by atoms with Crippen LogP contribution in [0.1, 0.15) is 11.7 Å². The van der Waals surface area contributed by atoms with Gasteiger partial charge in [-0.15, -0.1) is 0 Å². The molecule has 0 aliphatic carbocycles. The Morgan fingerprint density at radius 3 is 2.90 bits per heavy atom. The quantitative estimate of drug-likeness (QED) is 0.771. The highest BCUT2D eigenvalue weighted by Crippen LogP contribution is 2.22. The summed E-state index contributed by atoms with van der Waals surface area (Å²) in [4.78, 5) is 7.92. The van der Waals surface area contributed by atoms with Crippen LogP contribution in [0.15, 0.2) is 33.9 Å². The van der Waals surface area contributed by atoms with Crippen LogP contribution in [0.4, 0.5) is 0 Å². The third-order valence-electron chi connectivity index (χ3n) is 2.68. The Bertz CT molecular complexity index is 902. The number of aromatic nitrogens is 4. The summed E-state index contributed by atoms with van der Waals surface area (Å²) in [6.07, 6.45) is 1.57. The molecule has 0 saturated carbocycles. The van der Waals surface area contributed by atoms with E-state index >= 15 is 0 Å². The first-order chi connectivity index (χ1) is 9.97. The van der Waals surface area contributed by atoms with E-state index in [1.54, 1.807) is 31.3 Å². The molecule has 0 fully saturated rings. The minimum atomic E-state index is -3.87. The average Bonchev–Trinajstić information content (AvgIpc) is 2.99. The number of hydrogen-bond donors (Lipinski definition) is 1. The lowest BCUT2D eigenvalue weighted by Crippen LogP contribution is -2.25. The Kier molecular flexibility index (Phi) is 3.40. The summed E-state index contributed by atoms with van der Waals surface area (Å²) < 4.78 is 33.3. The van der Waals surface area contributed by atoms with E-state index in [-0.39, 0.29) is 22.6 Å². The summed E-state index contributed by atoms with van der Waals surface area (Å²) in [6, 6.07) is 5.08. The van der Waals surface area contributed by atoms with Gasteiger partial charge in [-0.2, -0.15) is 4.98 Å². The molecule has 110 valence electrons. The van der Waals surface area contributed by atoms with Crippen LogP contribution in [0.25, 0.3) is 5.65 Å². The average molecular weight is 328 g/mol. The molecule has 0 spiro atoms.